The van der Waals surface area contributed by atoms with Gasteiger partial charge < -0.3 is 11.1 Å². The van der Waals surface area contributed by atoms with Crippen molar-refractivity contribution in [3.8, 4) is 0 Å². The molecule has 0 fully saturated rings. The Kier molecular flexibility index (Phi) is 3.82. The lowest BCUT2D eigenvalue weighted by Crippen LogP contribution is -2.20. The highest BCUT2D eigenvalue weighted by Gasteiger charge is 2.09. The molecule has 0 aliphatic heterocycles. The number of nitrogens with one attached hydrogen (secondary N) is 2. The van der Waals surface area contributed by atoms with Crippen molar-refractivity contribution in [3.63, 3.8) is 0 Å². The highest BCUT2D eigenvalue weighted by molar-refractivity contribution is 5.99. The summed E-state index contributed by atoms with van der Waals surface area (Å²) in [6.45, 7) is 2.32. The van der Waals surface area contributed by atoms with Crippen LogP contribution in [0.1, 0.15) is 11.1 Å². The zero-order chi connectivity index (χ0) is 13.8. The van der Waals surface area contributed by atoms with Crippen molar-refractivity contribution in [2.45, 2.75) is 13.5 Å². The average molecular weight is 259 g/mol. The average Bonchev–Trinajstić information content (AvgIpc) is 2.72. The lowest BCUT2D eigenvalue weighted by molar-refractivity contribution is 0.262. The van der Waals surface area contributed by atoms with Gasteiger partial charge in [-0.15, -0.1) is 0 Å². The number of nitrogens with two attached hydrogens (primary N) is 1. The SMILES string of the molecule is Cc1ccc(NC(=O)Nc2nn(C)cc2CN)cc1. The molecule has 19 heavy (non-hydrogen) atoms. The molecule has 0 saturated carbocycles. The van der Waals surface area contributed by atoms with E-state index in [4.69, 9.17) is 5.73 Å². The van der Waals surface area contributed by atoms with Crippen molar-refractivity contribution in [2.75, 3.05) is 10.6 Å². The van der Waals surface area contributed by atoms with Crippen molar-refractivity contribution >= 4 is 17.5 Å². The van der Waals surface area contributed by atoms with Gasteiger partial charge in [0.25, 0.3) is 0 Å². The van der Waals surface area contributed by atoms with Crippen molar-refractivity contribution in [1.82, 2.24) is 9.78 Å². The molecule has 0 radical (unpaired) electrons. The van der Waals surface area contributed by atoms with E-state index in [0.29, 0.717) is 12.4 Å². The van der Waals surface area contributed by atoms with Gasteiger partial charge in [0.1, 0.15) is 0 Å². The molecule has 0 saturated heterocycles. The zero-order valence-electron chi connectivity index (χ0n) is 11.0. The molecule has 4 N–H and O–H groups in total. The molecule has 0 atom stereocenters. The van der Waals surface area contributed by atoms with E-state index >= 15 is 0 Å². The molecule has 6 heteroatoms. The number of nitrogens with zero attached hydrogens (tertiary/aromatic N) is 2. The number of hydrogen-bond acceptors (Lipinski definition) is 3. The van der Waals surface area contributed by atoms with E-state index in [1.807, 2.05) is 31.2 Å². The van der Waals surface area contributed by atoms with Gasteiger partial charge in [0.15, 0.2) is 5.82 Å². The maximum atomic E-state index is 11.8. The summed E-state index contributed by atoms with van der Waals surface area (Å²) in [4.78, 5) is 11.8. The van der Waals surface area contributed by atoms with Crippen LogP contribution < -0.4 is 16.4 Å². The minimum Gasteiger partial charge on any atom is -0.326 e. The van der Waals surface area contributed by atoms with Crippen LogP contribution in [-0.4, -0.2) is 15.8 Å². The van der Waals surface area contributed by atoms with Crippen LogP contribution in [0.2, 0.25) is 0 Å². The van der Waals surface area contributed by atoms with E-state index in [2.05, 4.69) is 15.7 Å². The first kappa shape index (κ1) is 13.1. The predicted molar refractivity (Wildman–Crippen MR) is 74.9 cm³/mol. The lowest BCUT2D eigenvalue weighted by atomic mass is 10.2. The van der Waals surface area contributed by atoms with Crippen molar-refractivity contribution in [2.24, 2.45) is 12.8 Å². The van der Waals surface area contributed by atoms with E-state index in [9.17, 15) is 4.79 Å². The van der Waals surface area contributed by atoms with Crippen LogP contribution in [0.3, 0.4) is 0 Å². The molecule has 1 aromatic carbocycles. The van der Waals surface area contributed by atoms with Gasteiger partial charge >= 0.3 is 6.03 Å². The Labute approximate surface area is 111 Å². The van der Waals surface area contributed by atoms with Crippen LogP contribution in [-0.2, 0) is 13.6 Å². The normalized spacial score (nSPS) is 10.3. The van der Waals surface area contributed by atoms with Gasteiger partial charge in [0.2, 0.25) is 0 Å². The van der Waals surface area contributed by atoms with Crippen molar-refractivity contribution in [1.29, 1.82) is 0 Å². The number of urea groups is 1. The summed E-state index contributed by atoms with van der Waals surface area (Å²) in [5.74, 6) is 0.481. The van der Waals surface area contributed by atoms with E-state index in [1.54, 1.807) is 17.9 Å². The third kappa shape index (κ3) is 3.32. The van der Waals surface area contributed by atoms with Gasteiger partial charge in [-0.05, 0) is 19.1 Å². The number of amides is 2. The van der Waals surface area contributed by atoms with Gasteiger partial charge in [0.05, 0.1) is 0 Å². The first-order chi connectivity index (χ1) is 9.08. The van der Waals surface area contributed by atoms with Crippen molar-refractivity contribution in [3.05, 3.63) is 41.6 Å². The highest BCUT2D eigenvalue weighted by Crippen LogP contribution is 2.13. The number of rotatable bonds is 3. The molecule has 100 valence electrons. The summed E-state index contributed by atoms with van der Waals surface area (Å²) in [6, 6.07) is 7.22. The van der Waals surface area contributed by atoms with Crippen LogP contribution in [0.4, 0.5) is 16.3 Å². The third-order valence-electron chi connectivity index (χ3n) is 2.67. The topological polar surface area (TPSA) is 85.0 Å². The Hall–Kier alpha value is -2.34. The standard InChI is InChI=1S/C13H17N5O/c1-9-3-5-11(6-4-9)15-13(19)16-12-10(7-14)8-18(2)17-12/h3-6,8H,7,14H2,1-2H3,(H2,15,16,17,19). The molecule has 6 nitrogen and oxygen atoms in total. The monoisotopic (exact) mass is 259 g/mol. The number of aryl methyl sites for hydroxylation is 2. The number of carbonyl (C=O) groups excluding carboxylic acids is 1. The van der Waals surface area contributed by atoms with Crippen LogP contribution in [0.5, 0.6) is 0 Å². The summed E-state index contributed by atoms with van der Waals surface area (Å²) < 4.78 is 1.61. The molecule has 0 unspecified atom stereocenters. The fourth-order valence-corrected chi connectivity index (χ4v) is 1.70. The van der Waals surface area contributed by atoms with Crippen molar-refractivity contribution < 1.29 is 4.79 Å². The number of hydrogen-bond donors (Lipinski definition) is 3. The molecular formula is C13H17N5O. The second-order valence-electron chi connectivity index (χ2n) is 4.33. The number of anilines is 2. The van der Waals surface area contributed by atoms with E-state index in [0.717, 1.165) is 16.8 Å². The van der Waals surface area contributed by atoms with Crippen LogP contribution in [0.15, 0.2) is 30.5 Å². The largest absolute Gasteiger partial charge is 0.326 e. The Morgan fingerprint density at radius 2 is 2.00 bits per heavy atom. The summed E-state index contributed by atoms with van der Waals surface area (Å²) in [5, 5.41) is 9.56. The molecule has 2 amide bonds. The minimum absolute atomic E-state index is 0.327. The Morgan fingerprint density at radius 3 is 2.63 bits per heavy atom. The van der Waals surface area contributed by atoms with Crippen LogP contribution in [0, 0.1) is 6.92 Å². The summed E-state index contributed by atoms with van der Waals surface area (Å²) in [5.41, 5.74) is 8.25. The van der Waals surface area contributed by atoms with Gasteiger partial charge in [-0.3, -0.25) is 10.00 Å². The van der Waals surface area contributed by atoms with Crippen LogP contribution in [0.25, 0.3) is 0 Å². The quantitative estimate of drug-likeness (QED) is 0.786. The maximum Gasteiger partial charge on any atom is 0.324 e. The summed E-state index contributed by atoms with van der Waals surface area (Å²) in [7, 11) is 1.78. The van der Waals surface area contributed by atoms with E-state index in [1.165, 1.54) is 0 Å². The highest BCUT2D eigenvalue weighted by atomic mass is 16.2. The summed E-state index contributed by atoms with van der Waals surface area (Å²) in [6.07, 6.45) is 1.78. The molecule has 0 spiro atoms. The smallest absolute Gasteiger partial charge is 0.324 e. The Balaban J connectivity index is 2.03. The van der Waals surface area contributed by atoms with Gasteiger partial charge in [-0.2, -0.15) is 5.10 Å². The fraction of sp³-hybridized carbons (Fsp3) is 0.231. The molecular weight excluding hydrogens is 242 g/mol. The second-order valence-corrected chi connectivity index (χ2v) is 4.33. The Bertz CT molecular complexity index is 573. The number of benzene rings is 1. The van der Waals surface area contributed by atoms with E-state index < -0.39 is 0 Å². The predicted octanol–water partition coefficient (Wildman–Crippen LogP) is 1.83. The molecule has 2 rings (SSSR count). The van der Waals surface area contributed by atoms with E-state index in [-0.39, 0.29) is 6.03 Å². The first-order valence-electron chi connectivity index (χ1n) is 5.95. The lowest BCUT2D eigenvalue weighted by Gasteiger charge is -2.07. The third-order valence-corrected chi connectivity index (χ3v) is 2.67. The second kappa shape index (κ2) is 5.53. The molecule has 0 aliphatic rings. The first-order valence-corrected chi connectivity index (χ1v) is 5.95. The molecule has 1 aromatic heterocycles. The molecule has 2 aromatic rings. The van der Waals surface area contributed by atoms with Gasteiger partial charge in [0, 0.05) is 31.0 Å². The summed E-state index contributed by atoms with van der Waals surface area (Å²) >= 11 is 0. The molecule has 1 heterocycles. The molecule has 0 aliphatic carbocycles. The van der Waals surface area contributed by atoms with Crippen LogP contribution >= 0.6 is 0 Å². The maximum absolute atomic E-state index is 11.8. The fourth-order valence-electron chi connectivity index (χ4n) is 1.70. The zero-order valence-corrected chi connectivity index (χ0v) is 11.0. The Morgan fingerprint density at radius 1 is 1.32 bits per heavy atom. The minimum atomic E-state index is -0.336. The number of aromatic nitrogens is 2. The van der Waals surface area contributed by atoms with Gasteiger partial charge in [-0.1, -0.05) is 17.7 Å². The molecule has 0 bridgehead atoms. The number of carbonyl (C=O) groups is 1. The van der Waals surface area contributed by atoms with Gasteiger partial charge in [-0.25, -0.2) is 4.79 Å².